The van der Waals surface area contributed by atoms with Gasteiger partial charge in [0, 0.05) is 6.42 Å². The quantitative estimate of drug-likeness (QED) is 0.126. The molecule has 0 aromatic rings. The van der Waals surface area contributed by atoms with E-state index in [-0.39, 0.29) is 12.5 Å². The van der Waals surface area contributed by atoms with Gasteiger partial charge in [0.15, 0.2) is 0 Å². The van der Waals surface area contributed by atoms with Crippen LogP contribution in [0, 0.1) is 0 Å². The van der Waals surface area contributed by atoms with E-state index < -0.39 is 5.97 Å². The standard InChI is InChI=1S/C23H43NO3/c1-4-6-7-8-9-10-11-12-13-14-15-16-17-18-19-20-22(25)27-23(26)21-24(3)5-2/h12-13H,4-11,14-21H2,1-3H3/b13-12-. The molecule has 0 aromatic heterocycles. The minimum atomic E-state index is -0.447. The van der Waals surface area contributed by atoms with Crippen molar-refractivity contribution in [3.8, 4) is 0 Å². The average molecular weight is 382 g/mol. The number of carbonyl (C=O) groups excluding carboxylic acids is 2. The van der Waals surface area contributed by atoms with E-state index in [9.17, 15) is 9.59 Å². The normalized spacial score (nSPS) is 11.4. The third kappa shape index (κ3) is 19.4. The second-order valence-electron chi connectivity index (χ2n) is 7.51. The largest absolute Gasteiger partial charge is 0.392 e. The molecule has 0 radical (unpaired) electrons. The van der Waals surface area contributed by atoms with Gasteiger partial charge in [-0.1, -0.05) is 77.4 Å². The van der Waals surface area contributed by atoms with Crippen molar-refractivity contribution >= 4 is 11.9 Å². The number of nitrogens with zero attached hydrogens (tertiary/aromatic N) is 1. The van der Waals surface area contributed by atoms with Gasteiger partial charge < -0.3 is 4.74 Å². The Morgan fingerprint density at radius 3 is 1.81 bits per heavy atom. The van der Waals surface area contributed by atoms with Crippen molar-refractivity contribution in [1.82, 2.24) is 4.90 Å². The molecule has 0 rings (SSSR count). The van der Waals surface area contributed by atoms with Crippen LogP contribution in [0.1, 0.15) is 104 Å². The lowest BCUT2D eigenvalue weighted by Gasteiger charge is -2.11. The van der Waals surface area contributed by atoms with Crippen molar-refractivity contribution in [2.24, 2.45) is 0 Å². The van der Waals surface area contributed by atoms with Crippen molar-refractivity contribution in [3.63, 3.8) is 0 Å². The molecule has 0 bridgehead atoms. The molecule has 0 amide bonds. The van der Waals surface area contributed by atoms with Crippen LogP contribution in [0.3, 0.4) is 0 Å². The molecule has 0 N–H and O–H groups in total. The van der Waals surface area contributed by atoms with E-state index in [2.05, 4.69) is 19.1 Å². The minimum Gasteiger partial charge on any atom is -0.392 e. The van der Waals surface area contributed by atoms with Gasteiger partial charge in [-0.05, 0) is 45.7 Å². The van der Waals surface area contributed by atoms with Crippen LogP contribution < -0.4 is 0 Å². The maximum absolute atomic E-state index is 11.6. The Hall–Kier alpha value is -1.16. The van der Waals surface area contributed by atoms with Gasteiger partial charge in [-0.15, -0.1) is 0 Å². The second kappa shape index (κ2) is 19.6. The Bertz CT molecular complexity index is 393. The fraction of sp³-hybridized carbons (Fsp3) is 0.826. The Morgan fingerprint density at radius 2 is 1.26 bits per heavy atom. The fourth-order valence-electron chi connectivity index (χ4n) is 2.88. The summed E-state index contributed by atoms with van der Waals surface area (Å²) in [4.78, 5) is 24.9. The lowest BCUT2D eigenvalue weighted by molar-refractivity contribution is -0.160. The van der Waals surface area contributed by atoms with Crippen LogP contribution in [0.5, 0.6) is 0 Å². The molecular formula is C23H43NO3. The monoisotopic (exact) mass is 381 g/mol. The van der Waals surface area contributed by atoms with Crippen molar-refractivity contribution in [3.05, 3.63) is 12.2 Å². The Labute approximate surface area is 167 Å². The van der Waals surface area contributed by atoms with Crippen LogP contribution in [-0.4, -0.2) is 37.0 Å². The number of allylic oxidation sites excluding steroid dienone is 2. The molecule has 0 aromatic carbocycles. The molecule has 0 saturated carbocycles. The molecule has 0 heterocycles. The van der Waals surface area contributed by atoms with Gasteiger partial charge >= 0.3 is 11.9 Å². The third-order valence-corrected chi connectivity index (χ3v) is 4.81. The SMILES string of the molecule is CCCCCCCC/C=C\CCCCCCCC(=O)OC(=O)CN(C)CC. The highest BCUT2D eigenvalue weighted by Crippen LogP contribution is 2.10. The first kappa shape index (κ1) is 25.8. The average Bonchev–Trinajstić information content (AvgIpc) is 2.64. The summed E-state index contributed by atoms with van der Waals surface area (Å²) in [7, 11) is 1.83. The molecule has 0 aliphatic carbocycles. The number of rotatable bonds is 18. The highest BCUT2D eigenvalue weighted by atomic mass is 16.6. The third-order valence-electron chi connectivity index (χ3n) is 4.81. The Balaban J connectivity index is 3.36. The van der Waals surface area contributed by atoms with Crippen molar-refractivity contribution in [2.75, 3.05) is 20.1 Å². The van der Waals surface area contributed by atoms with E-state index in [4.69, 9.17) is 4.74 Å². The van der Waals surface area contributed by atoms with Crippen LogP contribution in [0.4, 0.5) is 0 Å². The van der Waals surface area contributed by atoms with Crippen LogP contribution in [-0.2, 0) is 14.3 Å². The summed E-state index contributed by atoms with van der Waals surface area (Å²) < 4.78 is 4.81. The number of ether oxygens (including phenoxy) is 1. The van der Waals surface area contributed by atoms with E-state index in [1.54, 1.807) is 0 Å². The molecule has 0 fully saturated rings. The van der Waals surface area contributed by atoms with Crippen molar-refractivity contribution in [2.45, 2.75) is 104 Å². The highest BCUT2D eigenvalue weighted by molar-refractivity contribution is 5.86. The first-order valence-electron chi connectivity index (χ1n) is 11.2. The summed E-state index contributed by atoms with van der Waals surface area (Å²) in [5, 5.41) is 0. The maximum atomic E-state index is 11.6. The Morgan fingerprint density at radius 1 is 0.741 bits per heavy atom. The first-order chi connectivity index (χ1) is 13.1. The molecule has 0 atom stereocenters. The van der Waals surface area contributed by atoms with E-state index in [0.29, 0.717) is 6.42 Å². The lowest BCUT2D eigenvalue weighted by atomic mass is 10.1. The Kier molecular flexibility index (Phi) is 18.8. The number of carbonyl (C=O) groups is 2. The molecule has 0 spiro atoms. The first-order valence-corrected chi connectivity index (χ1v) is 11.2. The summed E-state index contributed by atoms with van der Waals surface area (Å²) in [5.41, 5.74) is 0. The van der Waals surface area contributed by atoms with Crippen LogP contribution >= 0.6 is 0 Å². The van der Waals surface area contributed by atoms with E-state index in [1.165, 1.54) is 57.8 Å². The summed E-state index contributed by atoms with van der Waals surface area (Å²) in [6.45, 7) is 5.15. The smallest absolute Gasteiger partial charge is 0.327 e. The van der Waals surface area contributed by atoms with Crippen LogP contribution in [0.2, 0.25) is 0 Å². The van der Waals surface area contributed by atoms with Gasteiger partial charge in [-0.2, -0.15) is 0 Å². The zero-order valence-electron chi connectivity index (χ0n) is 18.1. The predicted molar refractivity (Wildman–Crippen MR) is 114 cm³/mol. The van der Waals surface area contributed by atoms with Crippen LogP contribution in [0.25, 0.3) is 0 Å². The zero-order chi connectivity index (χ0) is 20.2. The van der Waals surface area contributed by atoms with Gasteiger partial charge in [-0.25, -0.2) is 0 Å². The number of likely N-dealkylation sites (N-methyl/N-ethyl adjacent to an activating group) is 1. The lowest BCUT2D eigenvalue weighted by Crippen LogP contribution is -2.28. The zero-order valence-corrected chi connectivity index (χ0v) is 18.1. The van der Waals surface area contributed by atoms with Gasteiger partial charge in [-0.3, -0.25) is 14.5 Å². The molecule has 0 aliphatic heterocycles. The summed E-state index contributed by atoms with van der Waals surface area (Å²) >= 11 is 0. The maximum Gasteiger partial charge on any atom is 0.327 e. The molecule has 0 saturated heterocycles. The topological polar surface area (TPSA) is 46.6 Å². The van der Waals surface area contributed by atoms with Gasteiger partial charge in [0.25, 0.3) is 0 Å². The van der Waals surface area contributed by atoms with Crippen molar-refractivity contribution in [1.29, 1.82) is 0 Å². The van der Waals surface area contributed by atoms with E-state index in [0.717, 1.165) is 32.2 Å². The second-order valence-corrected chi connectivity index (χ2v) is 7.51. The molecule has 0 aliphatic rings. The van der Waals surface area contributed by atoms with Gasteiger partial charge in [0.1, 0.15) is 0 Å². The van der Waals surface area contributed by atoms with E-state index in [1.807, 2.05) is 18.9 Å². The summed E-state index contributed by atoms with van der Waals surface area (Å²) in [6, 6.07) is 0. The molecule has 158 valence electrons. The molecular weight excluding hydrogens is 338 g/mol. The minimum absolute atomic E-state index is 0.175. The van der Waals surface area contributed by atoms with Crippen LogP contribution in [0.15, 0.2) is 12.2 Å². The summed E-state index contributed by atoms with van der Waals surface area (Å²) in [6.07, 6.45) is 21.0. The number of hydrogen-bond acceptors (Lipinski definition) is 4. The molecule has 0 unspecified atom stereocenters. The number of hydrogen-bond donors (Lipinski definition) is 0. The van der Waals surface area contributed by atoms with Crippen molar-refractivity contribution < 1.29 is 14.3 Å². The van der Waals surface area contributed by atoms with E-state index >= 15 is 0 Å². The predicted octanol–water partition coefficient (Wildman–Crippen LogP) is 6.05. The number of esters is 2. The molecule has 4 heteroatoms. The van der Waals surface area contributed by atoms with Gasteiger partial charge in [0.05, 0.1) is 6.54 Å². The fourth-order valence-corrected chi connectivity index (χ4v) is 2.88. The molecule has 4 nitrogen and oxygen atoms in total. The molecule has 27 heavy (non-hydrogen) atoms. The summed E-state index contributed by atoms with van der Waals surface area (Å²) in [5.74, 6) is -0.834. The highest BCUT2D eigenvalue weighted by Gasteiger charge is 2.11. The number of unbranched alkanes of at least 4 members (excludes halogenated alkanes) is 11. The van der Waals surface area contributed by atoms with Gasteiger partial charge in [0.2, 0.25) is 0 Å².